The van der Waals surface area contributed by atoms with E-state index in [0.29, 0.717) is 38.4 Å². The van der Waals surface area contributed by atoms with Gasteiger partial charge in [-0.3, -0.25) is 0 Å². The summed E-state index contributed by atoms with van der Waals surface area (Å²) in [6.07, 6.45) is 1.55. The molecule has 1 aliphatic rings. The fraction of sp³-hybridized carbons (Fsp3) is 0.158. The molecule has 3 rings (SSSR count). The second-order valence-electron chi connectivity index (χ2n) is 5.41. The van der Waals surface area contributed by atoms with E-state index in [9.17, 15) is 4.79 Å². The zero-order valence-electron chi connectivity index (χ0n) is 14.7. The summed E-state index contributed by atoms with van der Waals surface area (Å²) in [6.45, 7) is 0. The third-order valence-corrected chi connectivity index (χ3v) is 4.55. The molecule has 0 atom stereocenters. The molecule has 0 bridgehead atoms. The summed E-state index contributed by atoms with van der Waals surface area (Å²) in [4.78, 5) is 16.5. The lowest BCUT2D eigenvalue weighted by molar-refractivity contribution is -0.129. The third-order valence-electron chi connectivity index (χ3n) is 3.82. The lowest BCUT2D eigenvalue weighted by atomic mass is 10.1. The molecule has 0 saturated carbocycles. The molecule has 0 N–H and O–H groups in total. The number of halogens is 2. The molecule has 0 spiro atoms. The van der Waals surface area contributed by atoms with Gasteiger partial charge in [0.2, 0.25) is 5.90 Å². The molecule has 27 heavy (non-hydrogen) atoms. The highest BCUT2D eigenvalue weighted by Crippen LogP contribution is 2.36. The number of esters is 1. The van der Waals surface area contributed by atoms with Crippen LogP contribution in [0.3, 0.4) is 0 Å². The summed E-state index contributed by atoms with van der Waals surface area (Å²) in [6, 6.07) is 8.20. The van der Waals surface area contributed by atoms with Crippen molar-refractivity contribution >= 4 is 41.1 Å². The van der Waals surface area contributed by atoms with E-state index in [1.54, 1.807) is 36.4 Å². The average Bonchev–Trinajstić information content (AvgIpc) is 3.04. The molecular weight excluding hydrogens is 393 g/mol. The van der Waals surface area contributed by atoms with Crippen LogP contribution in [-0.2, 0) is 9.53 Å². The van der Waals surface area contributed by atoms with Crippen molar-refractivity contribution in [1.82, 2.24) is 0 Å². The monoisotopic (exact) mass is 407 g/mol. The van der Waals surface area contributed by atoms with Gasteiger partial charge in [-0.2, -0.15) is 0 Å². The molecule has 0 fully saturated rings. The number of rotatable bonds is 5. The molecule has 0 radical (unpaired) electrons. The maximum absolute atomic E-state index is 12.2. The predicted molar refractivity (Wildman–Crippen MR) is 103 cm³/mol. The summed E-state index contributed by atoms with van der Waals surface area (Å²) in [5.74, 6) is 1.04. The van der Waals surface area contributed by atoms with Crippen molar-refractivity contribution in [2.24, 2.45) is 4.99 Å². The first-order valence-electron chi connectivity index (χ1n) is 7.74. The van der Waals surface area contributed by atoms with Gasteiger partial charge in [0, 0.05) is 17.2 Å². The summed E-state index contributed by atoms with van der Waals surface area (Å²) in [5.41, 5.74) is 1.24. The van der Waals surface area contributed by atoms with Crippen molar-refractivity contribution in [3.8, 4) is 17.2 Å². The van der Waals surface area contributed by atoms with Crippen molar-refractivity contribution in [2.45, 2.75) is 0 Å². The topological polar surface area (TPSA) is 66.3 Å². The van der Waals surface area contributed by atoms with E-state index >= 15 is 0 Å². The molecule has 1 heterocycles. The smallest absolute Gasteiger partial charge is 0.363 e. The van der Waals surface area contributed by atoms with Crippen LogP contribution < -0.4 is 14.2 Å². The molecule has 2 aromatic carbocycles. The van der Waals surface area contributed by atoms with Gasteiger partial charge in [0.15, 0.2) is 17.2 Å². The van der Waals surface area contributed by atoms with Crippen molar-refractivity contribution in [1.29, 1.82) is 0 Å². The normalized spacial score (nSPS) is 14.8. The SMILES string of the molecule is COc1cc(OC)c(OC)cc1/C=C1/N=C(c2ccc(Cl)c(Cl)c2)OC1=O. The van der Waals surface area contributed by atoms with Gasteiger partial charge in [-0.25, -0.2) is 9.79 Å². The molecule has 2 aromatic rings. The molecule has 8 heteroatoms. The largest absolute Gasteiger partial charge is 0.496 e. The number of methoxy groups -OCH3 is 3. The lowest BCUT2D eigenvalue weighted by Crippen LogP contribution is -2.05. The van der Waals surface area contributed by atoms with E-state index in [1.165, 1.54) is 21.3 Å². The first-order chi connectivity index (χ1) is 13.0. The number of aliphatic imine (C=N–C) groups is 1. The number of carbonyl (C=O) groups excluding carboxylic acids is 1. The Morgan fingerprint density at radius 2 is 1.59 bits per heavy atom. The van der Waals surface area contributed by atoms with Crippen LogP contribution >= 0.6 is 23.2 Å². The minimum Gasteiger partial charge on any atom is -0.496 e. The number of benzene rings is 2. The molecule has 140 valence electrons. The van der Waals surface area contributed by atoms with E-state index in [-0.39, 0.29) is 11.6 Å². The molecule has 0 unspecified atom stereocenters. The molecule has 6 nitrogen and oxygen atoms in total. The minimum atomic E-state index is -0.590. The zero-order valence-corrected chi connectivity index (χ0v) is 16.2. The Balaban J connectivity index is 2.02. The summed E-state index contributed by atoms with van der Waals surface area (Å²) >= 11 is 11.9. The van der Waals surface area contributed by atoms with Crippen LogP contribution in [0.25, 0.3) is 6.08 Å². The van der Waals surface area contributed by atoms with Crippen LogP contribution in [0.4, 0.5) is 0 Å². The average molecular weight is 408 g/mol. The van der Waals surface area contributed by atoms with E-state index in [4.69, 9.17) is 42.1 Å². The highest BCUT2D eigenvalue weighted by Gasteiger charge is 2.25. The van der Waals surface area contributed by atoms with Crippen LogP contribution in [0.5, 0.6) is 17.2 Å². The van der Waals surface area contributed by atoms with Gasteiger partial charge in [-0.05, 0) is 30.3 Å². The van der Waals surface area contributed by atoms with Crippen molar-refractivity contribution in [3.63, 3.8) is 0 Å². The van der Waals surface area contributed by atoms with E-state index in [2.05, 4.69) is 4.99 Å². The Morgan fingerprint density at radius 3 is 2.22 bits per heavy atom. The Kier molecular flexibility index (Phi) is 5.58. The second-order valence-corrected chi connectivity index (χ2v) is 6.23. The van der Waals surface area contributed by atoms with Gasteiger partial charge in [0.1, 0.15) is 5.75 Å². The van der Waals surface area contributed by atoms with Crippen LogP contribution in [0.1, 0.15) is 11.1 Å². The van der Waals surface area contributed by atoms with Gasteiger partial charge in [-0.1, -0.05) is 23.2 Å². The lowest BCUT2D eigenvalue weighted by Gasteiger charge is -2.12. The number of hydrogen-bond acceptors (Lipinski definition) is 6. The number of hydrogen-bond donors (Lipinski definition) is 0. The summed E-state index contributed by atoms with van der Waals surface area (Å²) < 4.78 is 21.2. The molecule has 0 amide bonds. The van der Waals surface area contributed by atoms with Gasteiger partial charge in [-0.15, -0.1) is 0 Å². The van der Waals surface area contributed by atoms with Crippen LogP contribution in [0, 0.1) is 0 Å². The summed E-state index contributed by atoms with van der Waals surface area (Å²) in [5, 5.41) is 0.739. The second kappa shape index (κ2) is 7.90. The van der Waals surface area contributed by atoms with Gasteiger partial charge in [0.25, 0.3) is 0 Å². The zero-order chi connectivity index (χ0) is 19.6. The fourth-order valence-corrected chi connectivity index (χ4v) is 2.77. The van der Waals surface area contributed by atoms with Gasteiger partial charge < -0.3 is 18.9 Å². The van der Waals surface area contributed by atoms with Crippen molar-refractivity contribution in [2.75, 3.05) is 21.3 Å². The fourth-order valence-electron chi connectivity index (χ4n) is 2.47. The molecular formula is C19H15Cl2NO5. The highest BCUT2D eigenvalue weighted by atomic mass is 35.5. The number of nitrogens with zero attached hydrogens (tertiary/aromatic N) is 1. The minimum absolute atomic E-state index is 0.113. The van der Waals surface area contributed by atoms with E-state index < -0.39 is 5.97 Å². The van der Waals surface area contributed by atoms with Crippen molar-refractivity contribution in [3.05, 3.63) is 57.2 Å². The highest BCUT2D eigenvalue weighted by molar-refractivity contribution is 6.42. The Bertz CT molecular complexity index is 969. The Labute approximate surface area is 165 Å². The maximum atomic E-state index is 12.2. The molecule has 1 aliphatic heterocycles. The van der Waals surface area contributed by atoms with Gasteiger partial charge >= 0.3 is 5.97 Å². The Morgan fingerprint density at radius 1 is 0.926 bits per heavy atom. The maximum Gasteiger partial charge on any atom is 0.363 e. The molecule has 0 aliphatic carbocycles. The third kappa shape index (κ3) is 3.86. The number of cyclic esters (lactones) is 1. The quantitative estimate of drug-likeness (QED) is 0.543. The van der Waals surface area contributed by atoms with Crippen LogP contribution in [0.15, 0.2) is 41.0 Å². The van der Waals surface area contributed by atoms with E-state index in [0.717, 1.165) is 0 Å². The predicted octanol–water partition coefficient (Wildman–Crippen LogP) is 4.36. The first-order valence-corrected chi connectivity index (χ1v) is 8.50. The van der Waals surface area contributed by atoms with Crippen LogP contribution in [0.2, 0.25) is 10.0 Å². The van der Waals surface area contributed by atoms with Gasteiger partial charge in [0.05, 0.1) is 31.4 Å². The first kappa shape index (κ1) is 19.1. The van der Waals surface area contributed by atoms with Crippen LogP contribution in [-0.4, -0.2) is 33.2 Å². The number of ether oxygens (including phenoxy) is 4. The standard InChI is InChI=1S/C19H15Cl2NO5/c1-24-15-9-17(26-3)16(25-2)8-11(15)7-14-19(23)27-18(22-14)10-4-5-12(20)13(21)6-10/h4-9H,1-3H3/b14-7+. The number of carbonyl (C=O) groups is 1. The van der Waals surface area contributed by atoms with E-state index in [1.807, 2.05) is 0 Å². The molecule has 0 aromatic heterocycles. The molecule has 0 saturated heterocycles. The summed E-state index contributed by atoms with van der Waals surface area (Å²) in [7, 11) is 4.56. The Hall–Kier alpha value is -2.70. The van der Waals surface area contributed by atoms with Crippen molar-refractivity contribution < 1.29 is 23.7 Å².